The number of carbonyl (C=O) groups excluding carboxylic acids is 1. The number of aromatic nitrogens is 3. The minimum Gasteiger partial charge on any atom is -0.489 e. The first-order chi connectivity index (χ1) is 16.0. The van der Waals surface area contributed by atoms with Crippen LogP contribution in [0.15, 0.2) is 59.9 Å². The van der Waals surface area contributed by atoms with Crippen LogP contribution in [0.4, 0.5) is 10.1 Å². The van der Waals surface area contributed by atoms with Gasteiger partial charge in [-0.2, -0.15) is 0 Å². The van der Waals surface area contributed by atoms with Crippen molar-refractivity contribution in [1.29, 1.82) is 0 Å². The first kappa shape index (κ1) is 21.9. The Hall–Kier alpha value is -4.27. The number of amides is 1. The van der Waals surface area contributed by atoms with Crippen LogP contribution in [-0.2, 0) is 6.61 Å². The Morgan fingerprint density at radius 2 is 1.97 bits per heavy atom. The van der Waals surface area contributed by atoms with Crippen LogP contribution in [0.2, 0.25) is 0 Å². The van der Waals surface area contributed by atoms with E-state index >= 15 is 0 Å². The second-order valence-electron chi connectivity index (χ2n) is 7.40. The highest BCUT2D eigenvalue weighted by Crippen LogP contribution is 2.34. The van der Waals surface area contributed by atoms with Crippen LogP contribution < -0.4 is 21.3 Å². The number of benzene rings is 2. The Balaban J connectivity index is 1.75. The van der Waals surface area contributed by atoms with E-state index in [-0.39, 0.29) is 23.4 Å². The summed E-state index contributed by atoms with van der Waals surface area (Å²) in [6, 6.07) is 9.38. The van der Waals surface area contributed by atoms with Gasteiger partial charge in [0.1, 0.15) is 30.1 Å². The quantitative estimate of drug-likeness (QED) is 0.399. The molecule has 0 aliphatic rings. The molecule has 2 aromatic heterocycles. The zero-order valence-electron chi connectivity index (χ0n) is 17.9. The SMILES string of the molecule is CCCNC(=O)c1c(N)c2cccc(-c3cc(OCc4cncnc4)ccc3F)c2[nH]c1=O. The number of aromatic amines is 1. The number of para-hydroxylation sites is 1. The maximum absolute atomic E-state index is 14.8. The summed E-state index contributed by atoms with van der Waals surface area (Å²) in [4.78, 5) is 35.7. The van der Waals surface area contributed by atoms with Gasteiger partial charge in [-0.1, -0.05) is 25.1 Å². The Labute approximate surface area is 188 Å². The molecule has 2 aromatic carbocycles. The Morgan fingerprint density at radius 1 is 1.18 bits per heavy atom. The predicted octanol–water partition coefficient (Wildman–Crippen LogP) is 3.43. The van der Waals surface area contributed by atoms with Crippen molar-refractivity contribution in [1.82, 2.24) is 20.3 Å². The van der Waals surface area contributed by atoms with Gasteiger partial charge in [0.15, 0.2) is 0 Å². The number of nitrogen functional groups attached to an aromatic ring is 1. The van der Waals surface area contributed by atoms with Crippen LogP contribution in [0, 0.1) is 5.82 Å². The van der Waals surface area contributed by atoms with Crippen LogP contribution >= 0.6 is 0 Å². The Kier molecular flexibility index (Phi) is 6.30. The lowest BCUT2D eigenvalue weighted by Gasteiger charge is -2.13. The number of hydrogen-bond acceptors (Lipinski definition) is 6. The van der Waals surface area contributed by atoms with Gasteiger partial charge in [-0.05, 0) is 24.6 Å². The van der Waals surface area contributed by atoms with Gasteiger partial charge in [0.25, 0.3) is 11.5 Å². The minimum atomic E-state index is -0.641. The van der Waals surface area contributed by atoms with E-state index in [1.807, 2.05) is 6.92 Å². The maximum atomic E-state index is 14.8. The normalized spacial score (nSPS) is 10.8. The van der Waals surface area contributed by atoms with E-state index in [9.17, 15) is 14.0 Å². The van der Waals surface area contributed by atoms with E-state index in [2.05, 4.69) is 20.3 Å². The van der Waals surface area contributed by atoms with Crippen molar-refractivity contribution >= 4 is 22.5 Å². The highest BCUT2D eigenvalue weighted by molar-refractivity contribution is 6.08. The molecule has 168 valence electrons. The summed E-state index contributed by atoms with van der Waals surface area (Å²) in [6.07, 6.45) is 5.40. The molecule has 0 spiro atoms. The van der Waals surface area contributed by atoms with Crippen LogP contribution in [-0.4, -0.2) is 27.4 Å². The number of hydrogen-bond donors (Lipinski definition) is 3. The minimum absolute atomic E-state index is 0.0427. The lowest BCUT2D eigenvalue weighted by Crippen LogP contribution is -2.31. The number of nitrogens with two attached hydrogens (primary N) is 1. The predicted molar refractivity (Wildman–Crippen MR) is 123 cm³/mol. The van der Waals surface area contributed by atoms with Crippen LogP contribution in [0.25, 0.3) is 22.0 Å². The second kappa shape index (κ2) is 9.47. The lowest BCUT2D eigenvalue weighted by molar-refractivity contribution is 0.0953. The molecule has 4 aromatic rings. The first-order valence-corrected chi connectivity index (χ1v) is 10.4. The monoisotopic (exact) mass is 447 g/mol. The fourth-order valence-corrected chi connectivity index (χ4v) is 3.49. The summed E-state index contributed by atoms with van der Waals surface area (Å²) in [5.41, 5.74) is 7.19. The fraction of sp³-hybridized carbons (Fsp3) is 0.167. The van der Waals surface area contributed by atoms with Crippen molar-refractivity contribution in [3.63, 3.8) is 0 Å². The molecule has 0 unspecified atom stereocenters. The number of rotatable bonds is 7. The number of halogens is 1. The molecule has 1 amide bonds. The van der Waals surface area contributed by atoms with E-state index < -0.39 is 17.3 Å². The van der Waals surface area contributed by atoms with Crippen molar-refractivity contribution in [2.24, 2.45) is 0 Å². The number of carbonyl (C=O) groups is 1. The van der Waals surface area contributed by atoms with E-state index in [0.29, 0.717) is 28.8 Å². The number of nitrogens with one attached hydrogen (secondary N) is 2. The molecule has 2 heterocycles. The van der Waals surface area contributed by atoms with E-state index in [1.165, 1.54) is 18.5 Å². The maximum Gasteiger partial charge on any atom is 0.263 e. The molecule has 0 fully saturated rings. The highest BCUT2D eigenvalue weighted by Gasteiger charge is 2.20. The zero-order valence-corrected chi connectivity index (χ0v) is 17.9. The fourth-order valence-electron chi connectivity index (χ4n) is 3.49. The third-order valence-corrected chi connectivity index (χ3v) is 5.10. The van der Waals surface area contributed by atoms with Crippen molar-refractivity contribution in [2.75, 3.05) is 12.3 Å². The van der Waals surface area contributed by atoms with Crippen LogP contribution in [0.1, 0.15) is 29.3 Å². The summed E-state index contributed by atoms with van der Waals surface area (Å²) >= 11 is 0. The van der Waals surface area contributed by atoms with E-state index in [1.54, 1.807) is 36.7 Å². The molecule has 9 heteroatoms. The first-order valence-electron chi connectivity index (χ1n) is 10.4. The molecule has 0 aliphatic carbocycles. The molecule has 4 rings (SSSR count). The average molecular weight is 447 g/mol. The molecule has 8 nitrogen and oxygen atoms in total. The van der Waals surface area contributed by atoms with Gasteiger partial charge >= 0.3 is 0 Å². The van der Waals surface area contributed by atoms with Gasteiger partial charge in [0, 0.05) is 41.0 Å². The third kappa shape index (κ3) is 4.52. The summed E-state index contributed by atoms with van der Waals surface area (Å²) in [5, 5.41) is 3.11. The summed E-state index contributed by atoms with van der Waals surface area (Å²) in [5.74, 6) is -0.616. The Bertz CT molecular complexity index is 1370. The second-order valence-corrected chi connectivity index (χ2v) is 7.40. The van der Waals surface area contributed by atoms with Crippen LogP contribution in [0.5, 0.6) is 5.75 Å². The number of nitrogens with zero attached hydrogens (tertiary/aromatic N) is 2. The molecule has 4 N–H and O–H groups in total. The molecule has 0 radical (unpaired) electrons. The molecule has 0 aliphatic heterocycles. The molecule has 33 heavy (non-hydrogen) atoms. The van der Waals surface area contributed by atoms with Crippen molar-refractivity contribution < 1.29 is 13.9 Å². The zero-order chi connectivity index (χ0) is 23.4. The Morgan fingerprint density at radius 3 is 2.73 bits per heavy atom. The van der Waals surface area contributed by atoms with E-state index in [4.69, 9.17) is 10.5 Å². The lowest BCUT2D eigenvalue weighted by atomic mass is 9.99. The number of anilines is 1. The van der Waals surface area contributed by atoms with Crippen molar-refractivity contribution in [3.05, 3.63) is 82.4 Å². The van der Waals surface area contributed by atoms with Gasteiger partial charge in [-0.25, -0.2) is 14.4 Å². The van der Waals surface area contributed by atoms with Gasteiger partial charge < -0.3 is 20.8 Å². The summed E-state index contributed by atoms with van der Waals surface area (Å²) < 4.78 is 20.6. The molecule has 0 bridgehead atoms. The molecular formula is C24H22FN5O3. The third-order valence-electron chi connectivity index (χ3n) is 5.10. The molecule has 0 atom stereocenters. The smallest absolute Gasteiger partial charge is 0.263 e. The van der Waals surface area contributed by atoms with Crippen molar-refractivity contribution in [3.8, 4) is 16.9 Å². The number of H-pyrrole nitrogens is 1. The van der Waals surface area contributed by atoms with E-state index in [0.717, 1.165) is 12.0 Å². The molecule has 0 saturated carbocycles. The van der Waals surface area contributed by atoms with Gasteiger partial charge in [-0.3, -0.25) is 9.59 Å². The van der Waals surface area contributed by atoms with Crippen LogP contribution in [0.3, 0.4) is 0 Å². The van der Waals surface area contributed by atoms with Gasteiger partial charge in [0.05, 0.1) is 11.2 Å². The van der Waals surface area contributed by atoms with Crippen molar-refractivity contribution in [2.45, 2.75) is 20.0 Å². The van der Waals surface area contributed by atoms with Gasteiger partial charge in [0.2, 0.25) is 0 Å². The summed E-state index contributed by atoms with van der Waals surface area (Å²) in [6.45, 7) is 2.53. The highest BCUT2D eigenvalue weighted by atomic mass is 19.1. The topological polar surface area (TPSA) is 123 Å². The largest absolute Gasteiger partial charge is 0.489 e. The standard InChI is InChI=1S/C24H22FN5O3/c1-2-8-29-23(31)20-21(26)17-5-3-4-16(22(17)30-24(20)32)18-9-15(6-7-19(18)25)33-12-14-10-27-13-28-11-14/h3-7,9-11,13H,2,8,12H2,1H3,(H,29,31)(H3,26,30,32). The van der Waals surface area contributed by atoms with Gasteiger partial charge in [-0.15, -0.1) is 0 Å². The average Bonchev–Trinajstić information content (AvgIpc) is 2.82. The molecular weight excluding hydrogens is 425 g/mol. The number of ether oxygens (including phenoxy) is 1. The number of pyridine rings is 1. The molecule has 0 saturated heterocycles. The number of fused-ring (bicyclic) bond motifs is 1. The summed E-state index contributed by atoms with van der Waals surface area (Å²) in [7, 11) is 0.